The van der Waals surface area contributed by atoms with Crippen LogP contribution in [-0.2, 0) is 0 Å². The molecule has 0 saturated heterocycles. The van der Waals surface area contributed by atoms with Crippen LogP contribution in [0.3, 0.4) is 0 Å². The number of carbonyl (C=O) groups is 1. The van der Waals surface area contributed by atoms with Gasteiger partial charge in [0.25, 0.3) is 5.91 Å². The summed E-state index contributed by atoms with van der Waals surface area (Å²) in [5.74, 6) is 0.310. The summed E-state index contributed by atoms with van der Waals surface area (Å²) in [5, 5.41) is 12.9. The molecule has 0 bridgehead atoms. The van der Waals surface area contributed by atoms with Gasteiger partial charge in [-0.1, -0.05) is 18.9 Å². The van der Waals surface area contributed by atoms with E-state index in [9.17, 15) is 9.90 Å². The molecule has 5 heteroatoms. The molecule has 2 atom stereocenters. The zero-order valence-electron chi connectivity index (χ0n) is 12.7. The van der Waals surface area contributed by atoms with Crippen molar-refractivity contribution in [2.45, 2.75) is 44.6 Å². The van der Waals surface area contributed by atoms with Crippen molar-refractivity contribution in [2.24, 2.45) is 5.92 Å². The number of hydrogen-bond donors (Lipinski definition) is 2. The predicted molar refractivity (Wildman–Crippen MR) is 84.7 cm³/mol. The first kappa shape index (κ1) is 15.0. The number of imidazole rings is 1. The van der Waals surface area contributed by atoms with Crippen molar-refractivity contribution in [1.29, 1.82) is 0 Å². The fraction of sp³-hybridized carbons (Fsp3) is 0.529. The number of aliphatic hydroxyl groups is 1. The van der Waals surface area contributed by atoms with Gasteiger partial charge in [0.15, 0.2) is 0 Å². The fourth-order valence-electron chi connectivity index (χ4n) is 3.28. The minimum absolute atomic E-state index is 0.0945. The van der Waals surface area contributed by atoms with Gasteiger partial charge in [0.05, 0.1) is 12.3 Å². The normalized spacial score (nSPS) is 21.9. The van der Waals surface area contributed by atoms with Crippen LogP contribution in [0.1, 0.15) is 49.0 Å². The highest BCUT2D eigenvalue weighted by molar-refractivity contribution is 5.93. The summed E-state index contributed by atoms with van der Waals surface area (Å²) >= 11 is 0. The molecule has 1 aliphatic carbocycles. The van der Waals surface area contributed by atoms with Gasteiger partial charge in [-0.2, -0.15) is 0 Å². The van der Waals surface area contributed by atoms with Gasteiger partial charge in [-0.15, -0.1) is 0 Å². The van der Waals surface area contributed by atoms with E-state index in [0.717, 1.165) is 37.8 Å². The minimum atomic E-state index is -0.150. The van der Waals surface area contributed by atoms with Crippen LogP contribution in [0.25, 0.3) is 5.65 Å². The van der Waals surface area contributed by atoms with Crippen molar-refractivity contribution in [3.63, 3.8) is 0 Å². The largest absolute Gasteiger partial charge is 0.393 e. The summed E-state index contributed by atoms with van der Waals surface area (Å²) in [6.07, 6.45) is 9.59. The van der Waals surface area contributed by atoms with Gasteiger partial charge in [0.2, 0.25) is 0 Å². The monoisotopic (exact) mass is 301 g/mol. The highest BCUT2D eigenvalue weighted by Gasteiger charge is 2.22. The third-order valence-electron chi connectivity index (χ3n) is 4.56. The second-order valence-corrected chi connectivity index (χ2v) is 6.08. The SMILES string of the molecule is O=C(NCCCC1CCCCC1O)c1cnc2ccccn12. The third-order valence-corrected chi connectivity index (χ3v) is 4.56. The van der Waals surface area contributed by atoms with Crippen LogP contribution in [-0.4, -0.2) is 33.0 Å². The van der Waals surface area contributed by atoms with Gasteiger partial charge in [-0.3, -0.25) is 9.20 Å². The maximum absolute atomic E-state index is 12.2. The average molecular weight is 301 g/mol. The Morgan fingerprint density at radius 1 is 1.36 bits per heavy atom. The summed E-state index contributed by atoms with van der Waals surface area (Å²) in [5.41, 5.74) is 1.34. The van der Waals surface area contributed by atoms with Gasteiger partial charge in [0.1, 0.15) is 11.3 Å². The number of nitrogens with one attached hydrogen (secondary N) is 1. The number of aromatic nitrogens is 2. The average Bonchev–Trinajstić information content (AvgIpc) is 2.97. The van der Waals surface area contributed by atoms with E-state index >= 15 is 0 Å². The second-order valence-electron chi connectivity index (χ2n) is 6.08. The van der Waals surface area contributed by atoms with Crippen LogP contribution >= 0.6 is 0 Å². The molecule has 0 spiro atoms. The zero-order chi connectivity index (χ0) is 15.4. The molecular formula is C17H23N3O2. The molecule has 118 valence electrons. The number of aliphatic hydroxyl groups excluding tert-OH is 1. The molecule has 3 rings (SSSR count). The molecule has 2 heterocycles. The summed E-state index contributed by atoms with van der Waals surface area (Å²) in [7, 11) is 0. The molecule has 0 aliphatic heterocycles. The lowest BCUT2D eigenvalue weighted by molar-refractivity contribution is 0.0641. The van der Waals surface area contributed by atoms with Gasteiger partial charge in [-0.05, 0) is 43.7 Å². The Morgan fingerprint density at radius 3 is 3.09 bits per heavy atom. The maximum Gasteiger partial charge on any atom is 0.269 e. The molecule has 2 N–H and O–H groups in total. The van der Waals surface area contributed by atoms with E-state index in [4.69, 9.17) is 0 Å². The molecule has 1 saturated carbocycles. The van der Waals surface area contributed by atoms with Crippen LogP contribution in [0.15, 0.2) is 30.6 Å². The summed E-state index contributed by atoms with van der Waals surface area (Å²) in [6, 6.07) is 5.66. The molecule has 1 fully saturated rings. The smallest absolute Gasteiger partial charge is 0.269 e. The highest BCUT2D eigenvalue weighted by Crippen LogP contribution is 2.27. The van der Waals surface area contributed by atoms with E-state index in [0.29, 0.717) is 18.2 Å². The molecule has 0 radical (unpaired) electrons. The molecular weight excluding hydrogens is 278 g/mol. The molecule has 1 amide bonds. The van der Waals surface area contributed by atoms with Crippen LogP contribution in [0, 0.1) is 5.92 Å². The lowest BCUT2D eigenvalue weighted by Crippen LogP contribution is -2.28. The summed E-state index contributed by atoms with van der Waals surface area (Å²) < 4.78 is 1.79. The molecule has 22 heavy (non-hydrogen) atoms. The first-order valence-electron chi connectivity index (χ1n) is 8.14. The van der Waals surface area contributed by atoms with Crippen molar-refractivity contribution in [2.75, 3.05) is 6.54 Å². The van der Waals surface area contributed by atoms with Crippen molar-refractivity contribution in [1.82, 2.24) is 14.7 Å². The zero-order valence-corrected chi connectivity index (χ0v) is 12.7. The van der Waals surface area contributed by atoms with Crippen molar-refractivity contribution < 1.29 is 9.90 Å². The highest BCUT2D eigenvalue weighted by atomic mass is 16.3. The second kappa shape index (κ2) is 6.92. The molecule has 2 aromatic rings. The summed E-state index contributed by atoms with van der Waals surface area (Å²) in [6.45, 7) is 0.641. The van der Waals surface area contributed by atoms with Gasteiger partial charge in [-0.25, -0.2) is 4.98 Å². The topological polar surface area (TPSA) is 66.6 Å². The number of nitrogens with zero attached hydrogens (tertiary/aromatic N) is 2. The standard InChI is InChI=1S/C17H23N3O2/c21-15-8-2-1-6-13(15)7-5-10-18-17(22)14-12-19-16-9-3-4-11-20(14)16/h3-4,9,11-13,15,21H,1-2,5-8,10H2,(H,18,22). The number of carbonyl (C=O) groups excluding carboxylic acids is 1. The Labute approximate surface area is 130 Å². The minimum Gasteiger partial charge on any atom is -0.393 e. The quantitative estimate of drug-likeness (QED) is 0.833. The van der Waals surface area contributed by atoms with Gasteiger partial charge < -0.3 is 10.4 Å². The number of hydrogen-bond acceptors (Lipinski definition) is 3. The Kier molecular flexibility index (Phi) is 4.73. The number of fused-ring (bicyclic) bond motifs is 1. The molecule has 2 aromatic heterocycles. The fourth-order valence-corrected chi connectivity index (χ4v) is 3.28. The van der Waals surface area contributed by atoms with E-state index in [-0.39, 0.29) is 12.0 Å². The van der Waals surface area contributed by atoms with Gasteiger partial charge >= 0.3 is 0 Å². The van der Waals surface area contributed by atoms with E-state index in [1.54, 1.807) is 10.6 Å². The molecule has 5 nitrogen and oxygen atoms in total. The Bertz CT molecular complexity index is 638. The first-order valence-corrected chi connectivity index (χ1v) is 8.14. The van der Waals surface area contributed by atoms with Gasteiger partial charge in [0, 0.05) is 12.7 Å². The van der Waals surface area contributed by atoms with Crippen LogP contribution in [0.2, 0.25) is 0 Å². The van der Waals surface area contributed by atoms with E-state index in [1.807, 2.05) is 24.4 Å². The first-order chi connectivity index (χ1) is 10.8. The van der Waals surface area contributed by atoms with E-state index < -0.39 is 0 Å². The molecule has 2 unspecified atom stereocenters. The van der Waals surface area contributed by atoms with Crippen molar-refractivity contribution >= 4 is 11.6 Å². The van der Waals surface area contributed by atoms with Crippen molar-refractivity contribution in [3.05, 3.63) is 36.3 Å². The Hall–Kier alpha value is -1.88. The van der Waals surface area contributed by atoms with Crippen molar-refractivity contribution in [3.8, 4) is 0 Å². The number of pyridine rings is 1. The van der Waals surface area contributed by atoms with Crippen LogP contribution in [0.4, 0.5) is 0 Å². The Morgan fingerprint density at radius 2 is 2.23 bits per heavy atom. The lowest BCUT2D eigenvalue weighted by atomic mass is 9.83. The van der Waals surface area contributed by atoms with Crippen LogP contribution in [0.5, 0.6) is 0 Å². The Balaban J connectivity index is 1.48. The maximum atomic E-state index is 12.2. The van der Waals surface area contributed by atoms with E-state index in [1.165, 1.54) is 6.42 Å². The van der Waals surface area contributed by atoms with E-state index in [2.05, 4.69) is 10.3 Å². The molecule has 1 aliphatic rings. The number of rotatable bonds is 5. The molecule has 0 aromatic carbocycles. The predicted octanol–water partition coefficient (Wildman–Crippen LogP) is 2.40. The lowest BCUT2D eigenvalue weighted by Gasteiger charge is -2.27. The number of amides is 1. The third kappa shape index (κ3) is 3.30. The van der Waals surface area contributed by atoms with Crippen LogP contribution < -0.4 is 5.32 Å². The summed E-state index contributed by atoms with van der Waals surface area (Å²) in [4.78, 5) is 16.4.